The number of esters is 1. The van der Waals surface area contributed by atoms with Crippen LogP contribution in [0.2, 0.25) is 5.02 Å². The first-order valence-corrected chi connectivity index (χ1v) is 13.9. The molecule has 0 radical (unpaired) electrons. The summed E-state index contributed by atoms with van der Waals surface area (Å²) >= 11 is 6.01. The smallest absolute Gasteiger partial charge is 0.422 e. The van der Waals surface area contributed by atoms with E-state index < -0.39 is 48.2 Å². The third-order valence-electron chi connectivity index (χ3n) is 6.51. The summed E-state index contributed by atoms with van der Waals surface area (Å²) in [6.45, 7) is -1.83. The highest BCUT2D eigenvalue weighted by Crippen LogP contribution is 2.48. The van der Waals surface area contributed by atoms with Gasteiger partial charge in [-0.15, -0.1) is 0 Å². The SMILES string of the molecule is COC(=O)[C@H](CNC(=O)C(=O)N(C)C)Nc1ccc(Nc2nc(NC3(c4ccc(Cl)cc4)CC3)nc(OCC(F)(F)F)n2)cc1. The summed E-state index contributed by atoms with van der Waals surface area (Å²) in [5.41, 5.74) is 1.29. The summed E-state index contributed by atoms with van der Waals surface area (Å²) in [5, 5.41) is 12.0. The second kappa shape index (κ2) is 13.8. The lowest BCUT2D eigenvalue weighted by Gasteiger charge is -2.19. The van der Waals surface area contributed by atoms with Crippen molar-refractivity contribution in [1.29, 1.82) is 0 Å². The van der Waals surface area contributed by atoms with Gasteiger partial charge in [-0.3, -0.25) is 9.59 Å². The topological polar surface area (TPSA) is 160 Å². The Kier molecular flexibility index (Phi) is 10.2. The number of halogens is 4. The van der Waals surface area contributed by atoms with Crippen molar-refractivity contribution in [2.24, 2.45) is 0 Å². The van der Waals surface area contributed by atoms with Crippen LogP contribution in [0.25, 0.3) is 0 Å². The molecule has 0 bridgehead atoms. The molecule has 17 heteroatoms. The number of alkyl halides is 3. The number of ether oxygens (including phenoxy) is 2. The molecule has 3 aromatic rings. The molecule has 1 aliphatic carbocycles. The summed E-state index contributed by atoms with van der Waals surface area (Å²) in [7, 11) is 4.02. The Morgan fingerprint density at radius 3 is 2.18 bits per heavy atom. The van der Waals surface area contributed by atoms with Crippen LogP contribution in [-0.2, 0) is 24.7 Å². The van der Waals surface area contributed by atoms with Gasteiger partial charge in [-0.1, -0.05) is 23.7 Å². The average molecular weight is 651 g/mol. The first-order chi connectivity index (χ1) is 21.3. The van der Waals surface area contributed by atoms with Crippen LogP contribution in [0.4, 0.5) is 36.4 Å². The van der Waals surface area contributed by atoms with Crippen LogP contribution in [0.1, 0.15) is 18.4 Å². The van der Waals surface area contributed by atoms with Crippen molar-refractivity contribution < 1.29 is 37.0 Å². The third kappa shape index (κ3) is 9.31. The molecular weight excluding hydrogens is 621 g/mol. The lowest BCUT2D eigenvalue weighted by molar-refractivity contribution is -0.154. The first-order valence-electron chi connectivity index (χ1n) is 13.5. The van der Waals surface area contributed by atoms with E-state index in [1.807, 2.05) is 12.1 Å². The number of carbonyl (C=O) groups excluding carboxylic acids is 3. The number of hydrogen-bond donors (Lipinski definition) is 4. The van der Waals surface area contributed by atoms with E-state index >= 15 is 0 Å². The maximum Gasteiger partial charge on any atom is 0.422 e. The summed E-state index contributed by atoms with van der Waals surface area (Å²) < 4.78 is 48.2. The molecule has 240 valence electrons. The summed E-state index contributed by atoms with van der Waals surface area (Å²) in [5.74, 6) is -2.43. The minimum Gasteiger partial charge on any atom is -0.467 e. The van der Waals surface area contributed by atoms with Gasteiger partial charge in [0.05, 0.1) is 12.6 Å². The van der Waals surface area contributed by atoms with Crippen LogP contribution < -0.4 is 26.0 Å². The standard InChI is InChI=1S/C28H30ClF3N8O5/c1-40(2)22(42)21(41)33-14-20(23(43)44-3)34-18-8-10-19(11-9-18)35-24-36-25(38-26(37-24)45-15-28(30,31)32)39-27(12-13-27)16-4-6-17(29)7-5-16/h4-11,20,34H,12-15H2,1-3H3,(H,33,41)(H2,35,36,37,38,39)/t20-/m0/s1. The van der Waals surface area contributed by atoms with Gasteiger partial charge >= 0.3 is 30.0 Å². The maximum atomic E-state index is 12.9. The van der Waals surface area contributed by atoms with E-state index in [9.17, 15) is 27.6 Å². The molecule has 1 fully saturated rings. The van der Waals surface area contributed by atoms with Gasteiger partial charge in [0, 0.05) is 37.0 Å². The summed E-state index contributed by atoms with van der Waals surface area (Å²) in [6.07, 6.45) is -3.14. The number of hydrogen-bond acceptors (Lipinski definition) is 11. The minimum atomic E-state index is -4.61. The van der Waals surface area contributed by atoms with E-state index in [-0.39, 0.29) is 18.4 Å². The zero-order valence-corrected chi connectivity index (χ0v) is 25.1. The first kappa shape index (κ1) is 33.0. The Balaban J connectivity index is 1.48. The number of aromatic nitrogens is 3. The van der Waals surface area contributed by atoms with E-state index in [1.54, 1.807) is 36.4 Å². The molecule has 4 N–H and O–H groups in total. The van der Waals surface area contributed by atoms with Crippen LogP contribution in [0, 0.1) is 0 Å². The molecule has 45 heavy (non-hydrogen) atoms. The number of rotatable bonds is 12. The molecule has 13 nitrogen and oxygen atoms in total. The molecule has 2 amide bonds. The van der Waals surface area contributed by atoms with Crippen molar-refractivity contribution >= 4 is 52.7 Å². The van der Waals surface area contributed by atoms with E-state index in [0.717, 1.165) is 23.3 Å². The highest BCUT2D eigenvalue weighted by atomic mass is 35.5. The predicted molar refractivity (Wildman–Crippen MR) is 158 cm³/mol. The summed E-state index contributed by atoms with van der Waals surface area (Å²) in [4.78, 5) is 49.5. The van der Waals surface area contributed by atoms with Gasteiger partial charge in [-0.05, 0) is 54.8 Å². The van der Waals surface area contributed by atoms with Crippen LogP contribution in [0.3, 0.4) is 0 Å². The molecule has 1 saturated carbocycles. The van der Waals surface area contributed by atoms with E-state index in [0.29, 0.717) is 16.4 Å². The Bertz CT molecular complexity index is 1520. The van der Waals surface area contributed by atoms with Crippen LogP contribution in [0.15, 0.2) is 48.5 Å². The fourth-order valence-corrected chi connectivity index (χ4v) is 4.19. The second-order valence-corrected chi connectivity index (χ2v) is 10.7. The number of anilines is 4. The average Bonchev–Trinajstić information content (AvgIpc) is 3.78. The molecule has 1 heterocycles. The van der Waals surface area contributed by atoms with Crippen molar-refractivity contribution in [2.45, 2.75) is 30.6 Å². The Hall–Kier alpha value is -4.86. The number of methoxy groups -OCH3 is 1. The quantitative estimate of drug-likeness (QED) is 0.168. The highest BCUT2D eigenvalue weighted by Gasteiger charge is 2.45. The second-order valence-electron chi connectivity index (χ2n) is 10.2. The molecule has 2 aromatic carbocycles. The lowest BCUT2D eigenvalue weighted by atomic mass is 10.1. The largest absolute Gasteiger partial charge is 0.467 e. The molecule has 1 aliphatic rings. The van der Waals surface area contributed by atoms with Crippen molar-refractivity contribution in [2.75, 3.05) is 50.3 Å². The Labute approximate surface area is 260 Å². The van der Waals surface area contributed by atoms with Gasteiger partial charge in [0.25, 0.3) is 0 Å². The number of likely N-dealkylation sites (N-methyl/N-ethyl adjacent to an activating group) is 1. The minimum absolute atomic E-state index is 0.00567. The number of carbonyl (C=O) groups is 3. The van der Waals surface area contributed by atoms with Crippen molar-refractivity contribution in [3.05, 3.63) is 59.1 Å². The van der Waals surface area contributed by atoms with Gasteiger partial charge < -0.3 is 35.6 Å². The fourth-order valence-electron chi connectivity index (χ4n) is 4.06. The maximum absolute atomic E-state index is 12.9. The fraction of sp³-hybridized carbons (Fsp3) is 0.357. The normalized spacial score (nSPS) is 14.0. The molecule has 1 aromatic heterocycles. The van der Waals surface area contributed by atoms with Crippen molar-refractivity contribution in [1.82, 2.24) is 25.2 Å². The molecule has 0 saturated heterocycles. The summed E-state index contributed by atoms with van der Waals surface area (Å²) in [6, 6.07) is 12.0. The van der Waals surface area contributed by atoms with Gasteiger partial charge in [-0.25, -0.2) is 4.79 Å². The van der Waals surface area contributed by atoms with Gasteiger partial charge in [0.1, 0.15) is 6.04 Å². The van der Waals surface area contributed by atoms with E-state index in [2.05, 4.69) is 36.2 Å². The van der Waals surface area contributed by atoms with E-state index in [1.165, 1.54) is 21.2 Å². The number of nitrogens with one attached hydrogen (secondary N) is 4. The van der Waals surface area contributed by atoms with Crippen molar-refractivity contribution in [3.63, 3.8) is 0 Å². The molecule has 0 unspecified atom stereocenters. The third-order valence-corrected chi connectivity index (χ3v) is 6.76. The zero-order chi connectivity index (χ0) is 32.8. The molecule has 0 spiro atoms. The highest BCUT2D eigenvalue weighted by molar-refractivity contribution is 6.34. The molecule has 0 aliphatic heterocycles. The van der Waals surface area contributed by atoms with Gasteiger partial charge in [0.15, 0.2) is 6.61 Å². The monoisotopic (exact) mass is 650 g/mol. The Morgan fingerprint density at radius 1 is 0.978 bits per heavy atom. The Morgan fingerprint density at radius 2 is 1.60 bits per heavy atom. The molecule has 1 atom stereocenters. The van der Waals surface area contributed by atoms with Gasteiger partial charge in [0.2, 0.25) is 11.9 Å². The number of amides is 2. The van der Waals surface area contributed by atoms with Crippen molar-refractivity contribution in [3.8, 4) is 6.01 Å². The molecular formula is C28H30ClF3N8O5. The number of nitrogens with zero attached hydrogens (tertiary/aromatic N) is 4. The lowest BCUT2D eigenvalue weighted by Crippen LogP contribution is -2.46. The van der Waals surface area contributed by atoms with Crippen LogP contribution in [0.5, 0.6) is 6.01 Å². The molecule has 4 rings (SSSR count). The zero-order valence-electron chi connectivity index (χ0n) is 24.4. The predicted octanol–water partition coefficient (Wildman–Crippen LogP) is 3.47. The van der Waals surface area contributed by atoms with Crippen LogP contribution >= 0.6 is 11.6 Å². The van der Waals surface area contributed by atoms with Gasteiger partial charge in [-0.2, -0.15) is 28.1 Å². The number of benzene rings is 2. The van der Waals surface area contributed by atoms with E-state index in [4.69, 9.17) is 21.1 Å². The van der Waals surface area contributed by atoms with Crippen LogP contribution in [-0.4, -0.2) is 84.2 Å².